The highest BCUT2D eigenvalue weighted by Crippen LogP contribution is 2.14. The van der Waals surface area contributed by atoms with Gasteiger partial charge in [0.2, 0.25) is 0 Å². The van der Waals surface area contributed by atoms with Crippen LogP contribution in [0.4, 0.5) is 0 Å². The largest absolute Gasteiger partial charge is 0.348 e. The van der Waals surface area contributed by atoms with Crippen LogP contribution < -0.4 is 11.1 Å². The van der Waals surface area contributed by atoms with E-state index in [9.17, 15) is 4.79 Å². The summed E-state index contributed by atoms with van der Waals surface area (Å²) in [5.41, 5.74) is 7.57. The minimum atomic E-state index is -0.0379. The van der Waals surface area contributed by atoms with Crippen molar-refractivity contribution < 1.29 is 4.79 Å². The van der Waals surface area contributed by atoms with Crippen LogP contribution in [0.25, 0.3) is 0 Å². The van der Waals surface area contributed by atoms with Crippen molar-refractivity contribution in [1.82, 2.24) is 5.32 Å². The molecule has 0 aliphatic rings. The Labute approximate surface area is 123 Å². The lowest BCUT2D eigenvalue weighted by molar-refractivity contribution is 0.0933. The lowest BCUT2D eigenvalue weighted by Crippen LogP contribution is -2.41. The molecule has 1 unspecified atom stereocenters. The van der Waals surface area contributed by atoms with E-state index in [0.29, 0.717) is 18.0 Å². The summed E-state index contributed by atoms with van der Waals surface area (Å²) in [6.45, 7) is 6.77. The topological polar surface area (TPSA) is 55.1 Å². The van der Waals surface area contributed by atoms with Crippen molar-refractivity contribution in [3.05, 3.63) is 32.9 Å². The van der Waals surface area contributed by atoms with Crippen molar-refractivity contribution >= 4 is 28.5 Å². The molecule has 0 aliphatic carbocycles. The van der Waals surface area contributed by atoms with Gasteiger partial charge in [0, 0.05) is 21.7 Å². The van der Waals surface area contributed by atoms with Gasteiger partial charge >= 0.3 is 0 Å². The van der Waals surface area contributed by atoms with Gasteiger partial charge in [0.1, 0.15) is 0 Å². The first-order chi connectivity index (χ1) is 8.43. The van der Waals surface area contributed by atoms with E-state index in [4.69, 9.17) is 5.73 Å². The van der Waals surface area contributed by atoms with E-state index < -0.39 is 0 Å². The highest BCUT2D eigenvalue weighted by molar-refractivity contribution is 14.1. The first kappa shape index (κ1) is 15.4. The zero-order chi connectivity index (χ0) is 13.7. The Morgan fingerprint density at radius 2 is 2.11 bits per heavy atom. The van der Waals surface area contributed by atoms with Crippen LogP contribution >= 0.6 is 22.6 Å². The highest BCUT2D eigenvalue weighted by Gasteiger charge is 2.14. The predicted octanol–water partition coefficient (Wildman–Crippen LogP) is 2.70. The smallest absolute Gasteiger partial charge is 0.251 e. The third-order valence-corrected chi connectivity index (χ3v) is 3.97. The fraction of sp³-hybridized carbons (Fsp3) is 0.500. The third-order valence-electron chi connectivity index (χ3n) is 2.81. The van der Waals surface area contributed by atoms with Gasteiger partial charge in [-0.15, -0.1) is 0 Å². The molecule has 0 saturated heterocycles. The molecule has 3 nitrogen and oxygen atoms in total. The molecule has 4 heteroatoms. The molecule has 1 amide bonds. The van der Waals surface area contributed by atoms with Crippen LogP contribution in [0.1, 0.15) is 36.2 Å². The zero-order valence-electron chi connectivity index (χ0n) is 11.2. The number of carbonyl (C=O) groups excluding carboxylic acids is 1. The quantitative estimate of drug-likeness (QED) is 0.794. The molecule has 0 saturated carbocycles. The van der Waals surface area contributed by atoms with Crippen LogP contribution in [-0.4, -0.2) is 18.5 Å². The Balaban J connectivity index is 2.71. The fourth-order valence-corrected chi connectivity index (χ4v) is 2.30. The number of benzene rings is 1. The van der Waals surface area contributed by atoms with E-state index >= 15 is 0 Å². The molecule has 0 bridgehead atoms. The summed E-state index contributed by atoms with van der Waals surface area (Å²) >= 11 is 2.24. The van der Waals surface area contributed by atoms with Crippen molar-refractivity contribution in [2.24, 2.45) is 11.7 Å². The van der Waals surface area contributed by atoms with Crippen molar-refractivity contribution in [3.63, 3.8) is 0 Å². The molecule has 1 rings (SSSR count). The van der Waals surface area contributed by atoms with Crippen LogP contribution in [0.15, 0.2) is 18.2 Å². The maximum Gasteiger partial charge on any atom is 0.251 e. The molecule has 1 atom stereocenters. The normalized spacial score (nSPS) is 12.6. The van der Waals surface area contributed by atoms with Crippen LogP contribution in [0.5, 0.6) is 0 Å². The van der Waals surface area contributed by atoms with Gasteiger partial charge in [-0.25, -0.2) is 0 Å². The van der Waals surface area contributed by atoms with Crippen LogP contribution in [-0.2, 0) is 0 Å². The van der Waals surface area contributed by atoms with Gasteiger partial charge < -0.3 is 11.1 Å². The molecule has 18 heavy (non-hydrogen) atoms. The molecular formula is C14H21IN2O. The molecule has 1 aromatic rings. The van der Waals surface area contributed by atoms with Crippen LogP contribution in [0.3, 0.4) is 0 Å². The zero-order valence-corrected chi connectivity index (χ0v) is 13.3. The third kappa shape index (κ3) is 4.57. The monoisotopic (exact) mass is 360 g/mol. The standard InChI is InChI=1S/C14H21IN2O/c1-9(2)6-12(8-16)17-14(18)11-5-4-10(3)13(15)7-11/h4-5,7,9,12H,6,8,16H2,1-3H3,(H,17,18). The molecule has 0 heterocycles. The molecule has 100 valence electrons. The van der Waals surface area contributed by atoms with Crippen molar-refractivity contribution in [2.45, 2.75) is 33.2 Å². The number of hydrogen-bond donors (Lipinski definition) is 2. The lowest BCUT2D eigenvalue weighted by atomic mass is 10.0. The molecule has 0 spiro atoms. The Bertz CT molecular complexity index is 418. The highest BCUT2D eigenvalue weighted by atomic mass is 127. The van der Waals surface area contributed by atoms with Crippen LogP contribution in [0.2, 0.25) is 0 Å². The number of amides is 1. The summed E-state index contributed by atoms with van der Waals surface area (Å²) < 4.78 is 1.11. The summed E-state index contributed by atoms with van der Waals surface area (Å²) in [7, 11) is 0. The molecular weight excluding hydrogens is 339 g/mol. The minimum absolute atomic E-state index is 0.0379. The SMILES string of the molecule is Cc1ccc(C(=O)NC(CN)CC(C)C)cc1I. The van der Waals surface area contributed by atoms with E-state index in [1.807, 2.05) is 25.1 Å². The number of rotatable bonds is 5. The Hall–Kier alpha value is -0.620. The number of carbonyl (C=O) groups is 1. The van der Waals surface area contributed by atoms with Gasteiger partial charge in [-0.1, -0.05) is 19.9 Å². The van der Waals surface area contributed by atoms with E-state index in [1.54, 1.807) is 0 Å². The number of hydrogen-bond acceptors (Lipinski definition) is 2. The number of aryl methyl sites for hydroxylation is 1. The van der Waals surface area contributed by atoms with Crippen molar-refractivity contribution in [2.75, 3.05) is 6.54 Å². The molecule has 1 aromatic carbocycles. The Kier molecular flexibility index (Phi) is 6.08. The predicted molar refractivity (Wildman–Crippen MR) is 83.7 cm³/mol. The van der Waals surface area contributed by atoms with Gasteiger partial charge in [-0.2, -0.15) is 0 Å². The maximum absolute atomic E-state index is 12.1. The number of halogens is 1. The van der Waals surface area contributed by atoms with Crippen molar-refractivity contribution in [3.8, 4) is 0 Å². The molecule has 0 aliphatic heterocycles. The Morgan fingerprint density at radius 3 is 2.61 bits per heavy atom. The van der Waals surface area contributed by atoms with Crippen molar-refractivity contribution in [1.29, 1.82) is 0 Å². The van der Waals surface area contributed by atoms with Gasteiger partial charge in [-0.3, -0.25) is 4.79 Å². The second-order valence-corrected chi connectivity index (χ2v) is 6.16. The molecule has 0 radical (unpaired) electrons. The number of nitrogens with one attached hydrogen (secondary N) is 1. The second kappa shape index (κ2) is 7.09. The first-order valence-corrected chi connectivity index (χ1v) is 7.29. The Morgan fingerprint density at radius 1 is 1.44 bits per heavy atom. The van der Waals surface area contributed by atoms with Crippen LogP contribution in [0, 0.1) is 16.4 Å². The van der Waals surface area contributed by atoms with Gasteiger partial charge in [0.25, 0.3) is 5.91 Å². The number of nitrogens with two attached hydrogens (primary N) is 1. The maximum atomic E-state index is 12.1. The molecule has 3 N–H and O–H groups in total. The lowest BCUT2D eigenvalue weighted by Gasteiger charge is -2.19. The molecule has 0 fully saturated rings. The summed E-state index contributed by atoms with van der Waals surface area (Å²) in [4.78, 5) is 12.1. The summed E-state index contributed by atoms with van der Waals surface area (Å²) in [5.74, 6) is 0.487. The first-order valence-electron chi connectivity index (χ1n) is 6.21. The van der Waals surface area contributed by atoms with E-state index in [-0.39, 0.29) is 11.9 Å². The summed E-state index contributed by atoms with van der Waals surface area (Å²) in [6.07, 6.45) is 0.908. The average Bonchev–Trinajstić information content (AvgIpc) is 2.31. The summed E-state index contributed by atoms with van der Waals surface area (Å²) in [5, 5.41) is 2.99. The fourth-order valence-electron chi connectivity index (χ4n) is 1.79. The van der Waals surface area contributed by atoms with E-state index in [0.717, 1.165) is 9.99 Å². The minimum Gasteiger partial charge on any atom is -0.348 e. The molecule has 0 aromatic heterocycles. The summed E-state index contributed by atoms with van der Waals surface area (Å²) in [6, 6.07) is 5.79. The second-order valence-electron chi connectivity index (χ2n) is 5.00. The van der Waals surface area contributed by atoms with Gasteiger partial charge in [0.05, 0.1) is 0 Å². The van der Waals surface area contributed by atoms with Gasteiger partial charge in [-0.05, 0) is 59.5 Å². The van der Waals surface area contributed by atoms with Gasteiger partial charge in [0.15, 0.2) is 0 Å². The van der Waals surface area contributed by atoms with E-state index in [1.165, 1.54) is 5.56 Å². The van der Waals surface area contributed by atoms with E-state index in [2.05, 4.69) is 41.8 Å². The average molecular weight is 360 g/mol.